The highest BCUT2D eigenvalue weighted by Crippen LogP contribution is 2.38. The first kappa shape index (κ1) is 15.0. The fourth-order valence-electron chi connectivity index (χ4n) is 3.16. The van der Waals surface area contributed by atoms with E-state index >= 15 is 0 Å². The molecule has 1 aromatic heterocycles. The minimum absolute atomic E-state index is 0.0968. The summed E-state index contributed by atoms with van der Waals surface area (Å²) >= 11 is 6.01. The van der Waals surface area contributed by atoms with Crippen LogP contribution in [0.1, 0.15) is 29.6 Å². The summed E-state index contributed by atoms with van der Waals surface area (Å²) in [5.74, 6) is 1.62. The van der Waals surface area contributed by atoms with Gasteiger partial charge in [-0.3, -0.25) is 0 Å². The molecule has 1 N–H and O–H groups in total. The van der Waals surface area contributed by atoms with E-state index in [9.17, 15) is 0 Å². The monoisotopic (exact) mass is 340 g/mol. The molecule has 122 valence electrons. The van der Waals surface area contributed by atoms with E-state index in [-0.39, 0.29) is 12.1 Å². The predicted octanol–water partition coefficient (Wildman–Crippen LogP) is 4.09. The van der Waals surface area contributed by atoms with Crippen molar-refractivity contribution in [2.24, 2.45) is 0 Å². The first-order valence-electron chi connectivity index (χ1n) is 7.80. The van der Waals surface area contributed by atoms with Gasteiger partial charge in [0.2, 0.25) is 5.95 Å². The van der Waals surface area contributed by atoms with Crippen LogP contribution >= 0.6 is 11.6 Å². The lowest BCUT2D eigenvalue weighted by Gasteiger charge is -2.32. The summed E-state index contributed by atoms with van der Waals surface area (Å²) in [5, 5.41) is 8.59. The van der Waals surface area contributed by atoms with Gasteiger partial charge in [-0.2, -0.15) is 10.1 Å². The molecule has 2 atom stereocenters. The highest BCUT2D eigenvalue weighted by molar-refractivity contribution is 6.30. The van der Waals surface area contributed by atoms with Gasteiger partial charge < -0.3 is 10.1 Å². The van der Waals surface area contributed by atoms with Crippen molar-refractivity contribution in [2.45, 2.75) is 18.5 Å². The molecule has 0 radical (unpaired) electrons. The summed E-state index contributed by atoms with van der Waals surface area (Å²) in [7, 11) is 1.68. The van der Waals surface area contributed by atoms with Crippen LogP contribution in [-0.2, 0) is 0 Å². The summed E-state index contributed by atoms with van der Waals surface area (Å²) in [5.41, 5.74) is 2.34. The Balaban J connectivity index is 1.72. The van der Waals surface area contributed by atoms with Crippen LogP contribution in [-0.4, -0.2) is 21.9 Å². The maximum Gasteiger partial charge on any atom is 0.222 e. The Morgan fingerprint density at radius 3 is 2.79 bits per heavy atom. The summed E-state index contributed by atoms with van der Waals surface area (Å²) in [6.45, 7) is 0. The Bertz CT molecular complexity index is 846. The molecule has 3 aromatic rings. The van der Waals surface area contributed by atoms with Gasteiger partial charge in [0.25, 0.3) is 0 Å². The first-order chi connectivity index (χ1) is 11.7. The van der Waals surface area contributed by atoms with E-state index in [1.54, 1.807) is 13.4 Å². The molecular formula is C18H17ClN4O. The van der Waals surface area contributed by atoms with Gasteiger partial charge in [-0.1, -0.05) is 35.9 Å². The summed E-state index contributed by atoms with van der Waals surface area (Å²) in [6, 6.07) is 16.3. The number of ether oxygens (including phenoxy) is 1. The highest BCUT2D eigenvalue weighted by Gasteiger charge is 2.30. The van der Waals surface area contributed by atoms with E-state index in [2.05, 4.69) is 39.7 Å². The van der Waals surface area contributed by atoms with E-state index in [0.29, 0.717) is 0 Å². The third-order valence-corrected chi connectivity index (χ3v) is 4.63. The number of aromatic nitrogens is 3. The normalized spacial score (nSPS) is 19.4. The zero-order valence-electron chi connectivity index (χ0n) is 13.2. The quantitative estimate of drug-likeness (QED) is 0.780. The minimum Gasteiger partial charge on any atom is -0.497 e. The van der Waals surface area contributed by atoms with Crippen LogP contribution in [0.2, 0.25) is 5.02 Å². The minimum atomic E-state index is 0.0968. The number of methoxy groups -OCH3 is 1. The lowest BCUT2D eigenvalue weighted by Crippen LogP contribution is -2.28. The number of rotatable bonds is 3. The lowest BCUT2D eigenvalue weighted by molar-refractivity contribution is 0.406. The molecule has 0 saturated heterocycles. The molecule has 1 aliphatic rings. The molecule has 0 saturated carbocycles. The van der Waals surface area contributed by atoms with E-state index < -0.39 is 0 Å². The van der Waals surface area contributed by atoms with Crippen LogP contribution in [0.4, 0.5) is 5.95 Å². The number of nitrogens with one attached hydrogen (secondary N) is 1. The number of fused-ring (bicyclic) bond motifs is 1. The summed E-state index contributed by atoms with van der Waals surface area (Å²) < 4.78 is 7.30. The fourth-order valence-corrected chi connectivity index (χ4v) is 3.29. The van der Waals surface area contributed by atoms with Gasteiger partial charge in [-0.25, -0.2) is 4.68 Å². The smallest absolute Gasteiger partial charge is 0.222 e. The van der Waals surface area contributed by atoms with Crippen LogP contribution in [0.3, 0.4) is 0 Å². The Labute approximate surface area is 145 Å². The van der Waals surface area contributed by atoms with Gasteiger partial charge in [0.1, 0.15) is 12.1 Å². The van der Waals surface area contributed by atoms with Crippen LogP contribution in [0.5, 0.6) is 5.75 Å². The standard InChI is InChI=1S/C18H17ClN4O/c1-24-15-4-2-3-13(9-15)17-10-16(12-5-7-14(19)8-6-12)22-18-20-11-21-23(17)18/h2-9,11,16-17H,10H2,1H3,(H,20,21,22)/t16-,17-/m1/s1. The SMILES string of the molecule is COc1cccc([C@H]2C[C@H](c3ccc(Cl)cc3)Nc3ncnn32)c1. The number of nitrogens with zero attached hydrogens (tertiary/aromatic N) is 3. The van der Waals surface area contributed by atoms with Crippen LogP contribution in [0.25, 0.3) is 0 Å². The largest absolute Gasteiger partial charge is 0.497 e. The molecule has 0 amide bonds. The number of hydrogen-bond donors (Lipinski definition) is 1. The molecule has 0 fully saturated rings. The van der Waals surface area contributed by atoms with Crippen molar-refractivity contribution in [3.05, 3.63) is 71.0 Å². The number of benzene rings is 2. The van der Waals surface area contributed by atoms with E-state index in [1.165, 1.54) is 5.56 Å². The third kappa shape index (κ3) is 2.71. The molecular weight excluding hydrogens is 324 g/mol. The van der Waals surface area contributed by atoms with Crippen LogP contribution in [0, 0.1) is 0 Å². The average molecular weight is 341 g/mol. The summed E-state index contributed by atoms with van der Waals surface area (Å²) in [4.78, 5) is 4.35. The number of hydrogen-bond acceptors (Lipinski definition) is 4. The second-order valence-corrected chi connectivity index (χ2v) is 6.24. The molecule has 0 aliphatic carbocycles. The maximum absolute atomic E-state index is 6.01. The second-order valence-electron chi connectivity index (χ2n) is 5.80. The zero-order valence-corrected chi connectivity index (χ0v) is 13.9. The van der Waals surface area contributed by atoms with Crippen molar-refractivity contribution >= 4 is 17.5 Å². The van der Waals surface area contributed by atoms with Gasteiger partial charge in [-0.05, 0) is 41.8 Å². The number of anilines is 1. The van der Waals surface area contributed by atoms with Gasteiger partial charge in [0.05, 0.1) is 19.2 Å². The van der Waals surface area contributed by atoms with Gasteiger partial charge in [0, 0.05) is 5.02 Å². The lowest BCUT2D eigenvalue weighted by atomic mass is 9.93. The molecule has 2 aromatic carbocycles. The van der Waals surface area contributed by atoms with E-state index in [4.69, 9.17) is 16.3 Å². The molecule has 1 aliphatic heterocycles. The first-order valence-corrected chi connectivity index (χ1v) is 8.18. The van der Waals surface area contributed by atoms with Crippen molar-refractivity contribution in [3.8, 4) is 5.75 Å². The molecule has 6 heteroatoms. The van der Waals surface area contributed by atoms with Crippen LogP contribution < -0.4 is 10.1 Å². The van der Waals surface area contributed by atoms with E-state index in [1.807, 2.05) is 28.9 Å². The molecule has 0 bridgehead atoms. The topological polar surface area (TPSA) is 52.0 Å². The molecule has 24 heavy (non-hydrogen) atoms. The van der Waals surface area contributed by atoms with Crippen molar-refractivity contribution < 1.29 is 4.74 Å². The Kier molecular flexibility index (Phi) is 3.86. The highest BCUT2D eigenvalue weighted by atomic mass is 35.5. The average Bonchev–Trinajstić information content (AvgIpc) is 3.10. The van der Waals surface area contributed by atoms with E-state index in [0.717, 1.165) is 28.7 Å². The molecule has 2 heterocycles. The van der Waals surface area contributed by atoms with Crippen LogP contribution in [0.15, 0.2) is 54.9 Å². The Morgan fingerprint density at radius 2 is 2.00 bits per heavy atom. The molecule has 0 spiro atoms. The van der Waals surface area contributed by atoms with Crippen molar-refractivity contribution in [2.75, 3.05) is 12.4 Å². The fraction of sp³-hybridized carbons (Fsp3) is 0.222. The Morgan fingerprint density at radius 1 is 1.17 bits per heavy atom. The molecule has 4 rings (SSSR count). The third-order valence-electron chi connectivity index (χ3n) is 4.38. The summed E-state index contributed by atoms with van der Waals surface area (Å²) in [6.07, 6.45) is 2.45. The maximum atomic E-state index is 6.01. The molecule has 5 nitrogen and oxygen atoms in total. The molecule has 0 unspecified atom stereocenters. The van der Waals surface area contributed by atoms with Crippen molar-refractivity contribution in [3.63, 3.8) is 0 Å². The van der Waals surface area contributed by atoms with Crippen molar-refractivity contribution in [1.82, 2.24) is 14.8 Å². The van der Waals surface area contributed by atoms with Gasteiger partial charge in [-0.15, -0.1) is 0 Å². The predicted molar refractivity (Wildman–Crippen MR) is 93.6 cm³/mol. The van der Waals surface area contributed by atoms with Gasteiger partial charge in [0.15, 0.2) is 0 Å². The Hall–Kier alpha value is -2.53. The second kappa shape index (κ2) is 6.17. The van der Waals surface area contributed by atoms with Gasteiger partial charge >= 0.3 is 0 Å². The number of halogens is 1. The van der Waals surface area contributed by atoms with Crippen molar-refractivity contribution in [1.29, 1.82) is 0 Å². The zero-order chi connectivity index (χ0) is 16.5.